The number of anilines is 6. The maximum atomic E-state index is 2.49. The van der Waals surface area contributed by atoms with Crippen LogP contribution in [0.3, 0.4) is 0 Å². The van der Waals surface area contributed by atoms with Gasteiger partial charge in [0.2, 0.25) is 0 Å². The van der Waals surface area contributed by atoms with Crippen LogP contribution in [-0.2, 0) is 0 Å². The summed E-state index contributed by atoms with van der Waals surface area (Å²) in [7, 11) is 0. The molecule has 394 valence electrons. The molecule has 0 spiro atoms. The highest BCUT2D eigenvalue weighted by Crippen LogP contribution is 2.52. The summed E-state index contributed by atoms with van der Waals surface area (Å²) in [5.74, 6) is 0. The first-order chi connectivity index (χ1) is 41.7. The van der Waals surface area contributed by atoms with E-state index in [0.29, 0.717) is 0 Å². The fourth-order valence-electron chi connectivity index (χ4n) is 12.7. The van der Waals surface area contributed by atoms with E-state index in [1.165, 1.54) is 118 Å². The van der Waals surface area contributed by atoms with Crippen molar-refractivity contribution in [1.29, 1.82) is 0 Å². The Labute approximate surface area is 496 Å². The van der Waals surface area contributed by atoms with Crippen LogP contribution >= 0.6 is 22.7 Å². The van der Waals surface area contributed by atoms with Gasteiger partial charge in [0.05, 0.1) is 11.4 Å². The molecular formula is C80H52N2S2. The van der Waals surface area contributed by atoms with E-state index < -0.39 is 0 Å². The van der Waals surface area contributed by atoms with Crippen molar-refractivity contribution in [3.8, 4) is 65.4 Å². The molecule has 0 unspecified atom stereocenters. The molecule has 0 aliphatic rings. The van der Waals surface area contributed by atoms with Gasteiger partial charge in [-0.05, 0) is 127 Å². The fourth-order valence-corrected chi connectivity index (χ4v) is 15.3. The van der Waals surface area contributed by atoms with Crippen molar-refractivity contribution >= 4 is 109 Å². The minimum Gasteiger partial charge on any atom is -0.310 e. The lowest BCUT2D eigenvalue weighted by molar-refractivity contribution is 1.30. The van der Waals surface area contributed by atoms with Gasteiger partial charge in [-0.15, -0.1) is 22.7 Å². The highest BCUT2D eigenvalue weighted by Gasteiger charge is 2.25. The van der Waals surface area contributed by atoms with Crippen molar-refractivity contribution in [2.45, 2.75) is 0 Å². The summed E-state index contributed by atoms with van der Waals surface area (Å²) in [6.45, 7) is 0. The van der Waals surface area contributed by atoms with E-state index in [4.69, 9.17) is 0 Å². The summed E-state index contributed by atoms with van der Waals surface area (Å²) in [4.78, 5) is 7.53. The molecule has 2 heterocycles. The lowest BCUT2D eigenvalue weighted by Crippen LogP contribution is -2.11. The highest BCUT2D eigenvalue weighted by molar-refractivity contribution is 7.23. The summed E-state index contributed by atoms with van der Waals surface area (Å²) in [5, 5.41) is 9.78. The standard InChI is InChI=1S/C80H52N2S2/c1-7-21-53(22-8-1)61-33-19-35-63(49-61)81(65-41-45-69-73(51-65)83-79(59-29-15-5-16-30-59)77(69)55-25-11-3-12-26-55)71-47-39-57-38-44-68-72(48-40-58-37-43-67(71)75(57)76(58)68)82(64-36-20-34-62(50-64)54-23-9-2-10-24-54)66-42-46-70-74(52-66)84-80(60-31-17-6-18-32-60)78(70)56-27-13-4-14-28-56/h1-52H. The molecule has 0 aliphatic carbocycles. The zero-order valence-corrected chi connectivity index (χ0v) is 47.4. The van der Waals surface area contributed by atoms with E-state index in [-0.39, 0.29) is 0 Å². The molecule has 2 nitrogen and oxygen atoms in total. The van der Waals surface area contributed by atoms with E-state index in [9.17, 15) is 0 Å². The third-order valence-electron chi connectivity index (χ3n) is 16.6. The van der Waals surface area contributed by atoms with Crippen LogP contribution in [0.2, 0.25) is 0 Å². The quantitative estimate of drug-likeness (QED) is 0.113. The van der Waals surface area contributed by atoms with Crippen LogP contribution in [0.1, 0.15) is 0 Å². The van der Waals surface area contributed by atoms with Crippen molar-refractivity contribution in [3.63, 3.8) is 0 Å². The Morgan fingerprint density at radius 1 is 0.214 bits per heavy atom. The topological polar surface area (TPSA) is 6.48 Å². The summed E-state index contributed by atoms with van der Waals surface area (Å²) in [6.07, 6.45) is 0. The third-order valence-corrected chi connectivity index (χ3v) is 19.0. The SMILES string of the molecule is c1ccc(-c2cccc(N(c3ccc4c(-c5ccccc5)c(-c5ccccc5)sc4c3)c3ccc4ccc5c(N(c6cccc(-c7ccccc7)c6)c6ccc7c(-c8ccccc8)c(-c8ccccc8)sc7c6)ccc6ccc3c4c65)c2)cc1. The second-order valence-electron chi connectivity index (χ2n) is 21.5. The van der Waals surface area contributed by atoms with Crippen LogP contribution in [0.4, 0.5) is 34.1 Å². The Morgan fingerprint density at radius 2 is 0.524 bits per heavy atom. The zero-order valence-electron chi connectivity index (χ0n) is 45.7. The molecule has 0 radical (unpaired) electrons. The van der Waals surface area contributed by atoms with Gasteiger partial charge in [-0.25, -0.2) is 0 Å². The van der Waals surface area contributed by atoms with Crippen LogP contribution in [0, 0.1) is 0 Å². The number of nitrogens with zero attached hydrogens (tertiary/aromatic N) is 2. The average molecular weight is 1110 g/mol. The molecule has 0 bridgehead atoms. The molecule has 84 heavy (non-hydrogen) atoms. The van der Waals surface area contributed by atoms with Gasteiger partial charge in [-0.2, -0.15) is 0 Å². The van der Waals surface area contributed by atoms with Crippen molar-refractivity contribution in [2.75, 3.05) is 9.80 Å². The predicted octanol–water partition coefficient (Wildman–Crippen LogP) is 24.0. The Bertz CT molecular complexity index is 4730. The van der Waals surface area contributed by atoms with Gasteiger partial charge in [-0.1, -0.05) is 255 Å². The number of hydrogen-bond acceptors (Lipinski definition) is 4. The van der Waals surface area contributed by atoms with Crippen LogP contribution < -0.4 is 9.80 Å². The first-order valence-corrected chi connectivity index (χ1v) is 30.3. The number of benzene rings is 14. The molecule has 16 rings (SSSR count). The van der Waals surface area contributed by atoms with Gasteiger partial charge >= 0.3 is 0 Å². The number of hydrogen-bond donors (Lipinski definition) is 0. The second kappa shape index (κ2) is 20.9. The lowest BCUT2D eigenvalue weighted by atomic mass is 9.91. The molecule has 0 aliphatic heterocycles. The molecule has 0 atom stereocenters. The minimum absolute atomic E-state index is 1.09. The number of rotatable bonds is 12. The van der Waals surface area contributed by atoms with Gasteiger partial charge in [-0.3, -0.25) is 0 Å². The molecule has 0 fully saturated rings. The van der Waals surface area contributed by atoms with Gasteiger partial charge in [0, 0.05) is 74.6 Å². The minimum atomic E-state index is 1.09. The largest absolute Gasteiger partial charge is 0.310 e. The average Bonchev–Trinajstić information content (AvgIpc) is 1.10. The van der Waals surface area contributed by atoms with Crippen molar-refractivity contribution in [3.05, 3.63) is 315 Å². The molecule has 0 N–H and O–H groups in total. The van der Waals surface area contributed by atoms with E-state index in [2.05, 4.69) is 325 Å². The summed E-state index contributed by atoms with van der Waals surface area (Å²) < 4.78 is 2.48. The second-order valence-corrected chi connectivity index (χ2v) is 23.6. The number of thiophene rings is 2. The van der Waals surface area contributed by atoms with Crippen LogP contribution in [0.15, 0.2) is 315 Å². The maximum Gasteiger partial charge on any atom is 0.0540 e. The van der Waals surface area contributed by atoms with Crippen LogP contribution in [-0.4, -0.2) is 0 Å². The molecule has 0 amide bonds. The maximum absolute atomic E-state index is 2.49. The Kier molecular flexibility index (Phi) is 12.3. The van der Waals surface area contributed by atoms with Crippen LogP contribution in [0.25, 0.3) is 118 Å². The van der Waals surface area contributed by atoms with E-state index in [0.717, 1.165) is 34.1 Å². The normalized spacial score (nSPS) is 11.6. The monoisotopic (exact) mass is 1100 g/mol. The predicted molar refractivity (Wildman–Crippen MR) is 363 cm³/mol. The Hall–Kier alpha value is -10.4. The first-order valence-electron chi connectivity index (χ1n) is 28.6. The zero-order chi connectivity index (χ0) is 55.5. The van der Waals surface area contributed by atoms with Crippen molar-refractivity contribution in [2.24, 2.45) is 0 Å². The lowest BCUT2D eigenvalue weighted by Gasteiger charge is -2.30. The highest BCUT2D eigenvalue weighted by atomic mass is 32.1. The van der Waals surface area contributed by atoms with Crippen molar-refractivity contribution in [1.82, 2.24) is 0 Å². The Morgan fingerprint density at radius 3 is 0.905 bits per heavy atom. The molecule has 0 saturated heterocycles. The molecule has 2 aromatic heterocycles. The molecule has 14 aromatic carbocycles. The van der Waals surface area contributed by atoms with E-state index in [1.807, 2.05) is 22.7 Å². The summed E-state index contributed by atoms with van der Waals surface area (Å²) in [5.41, 5.74) is 18.8. The van der Waals surface area contributed by atoms with Gasteiger partial charge in [0.1, 0.15) is 0 Å². The smallest absolute Gasteiger partial charge is 0.0540 e. The fraction of sp³-hybridized carbons (Fsp3) is 0. The van der Waals surface area contributed by atoms with E-state index >= 15 is 0 Å². The molecule has 0 saturated carbocycles. The molecule has 4 heteroatoms. The Balaban J connectivity index is 0.912. The van der Waals surface area contributed by atoms with Crippen LogP contribution in [0.5, 0.6) is 0 Å². The van der Waals surface area contributed by atoms with Crippen molar-refractivity contribution < 1.29 is 0 Å². The van der Waals surface area contributed by atoms with Gasteiger partial charge in [0.25, 0.3) is 0 Å². The third kappa shape index (κ3) is 8.62. The van der Waals surface area contributed by atoms with E-state index in [1.54, 1.807) is 0 Å². The first kappa shape index (κ1) is 49.5. The van der Waals surface area contributed by atoms with Gasteiger partial charge < -0.3 is 9.80 Å². The molecule has 16 aromatic rings. The van der Waals surface area contributed by atoms with Gasteiger partial charge in [0.15, 0.2) is 0 Å². The summed E-state index contributed by atoms with van der Waals surface area (Å²) in [6, 6.07) is 116. The summed E-state index contributed by atoms with van der Waals surface area (Å²) >= 11 is 3.75. The molecular weight excluding hydrogens is 1050 g/mol. The number of fused-ring (bicyclic) bond motifs is 2.